The summed E-state index contributed by atoms with van der Waals surface area (Å²) in [6, 6.07) is 24.8. The Morgan fingerprint density at radius 2 is 1.52 bits per heavy atom. The van der Waals surface area contributed by atoms with Crippen LogP contribution in [0.3, 0.4) is 0 Å². The number of para-hydroxylation sites is 1. The van der Waals surface area contributed by atoms with Gasteiger partial charge in [0.25, 0.3) is 5.69 Å². The van der Waals surface area contributed by atoms with E-state index in [1.165, 1.54) is 29.2 Å². The van der Waals surface area contributed by atoms with E-state index in [9.17, 15) is 24.5 Å². The van der Waals surface area contributed by atoms with E-state index in [-0.39, 0.29) is 11.6 Å². The minimum absolute atomic E-state index is 0.100. The maximum absolute atomic E-state index is 14.1. The molecule has 0 unspecified atom stereocenters. The van der Waals surface area contributed by atoms with Crippen molar-refractivity contribution in [3.8, 4) is 0 Å². The zero-order chi connectivity index (χ0) is 27.5. The second-order valence-electron chi connectivity index (χ2n) is 10.1. The first kappa shape index (κ1) is 23.8. The van der Waals surface area contributed by atoms with Gasteiger partial charge in [0.15, 0.2) is 0 Å². The molecule has 3 aliphatic heterocycles. The van der Waals surface area contributed by atoms with Crippen LogP contribution in [0.15, 0.2) is 97.1 Å². The molecular weight excluding hydrogens is 508 g/mol. The molecule has 0 aromatic heterocycles. The molecule has 2 fully saturated rings. The average Bonchev–Trinajstić information content (AvgIpc) is 3.45. The molecule has 4 aromatic carbocycles. The third-order valence-corrected chi connectivity index (χ3v) is 8.02. The summed E-state index contributed by atoms with van der Waals surface area (Å²) in [6.07, 6.45) is 3.83. The normalized spacial score (nSPS) is 22.7. The molecule has 4 aromatic rings. The van der Waals surface area contributed by atoms with Crippen molar-refractivity contribution in [1.29, 1.82) is 0 Å². The van der Waals surface area contributed by atoms with Crippen molar-refractivity contribution in [3.05, 3.63) is 113 Å². The number of nitro benzene ring substituents is 1. The second-order valence-corrected chi connectivity index (χ2v) is 10.1. The van der Waals surface area contributed by atoms with Crippen LogP contribution in [0, 0.1) is 22.0 Å². The number of rotatable bonds is 4. The van der Waals surface area contributed by atoms with Crippen molar-refractivity contribution >= 4 is 57.3 Å². The number of carbonyl (C=O) groups excluding carboxylic acids is 3. The highest BCUT2D eigenvalue weighted by molar-refractivity contribution is 6.25. The van der Waals surface area contributed by atoms with Gasteiger partial charge in [-0.15, -0.1) is 0 Å². The number of fused-ring (bicyclic) bond motifs is 6. The molecular formula is C31H22N4O5. The van der Waals surface area contributed by atoms with Crippen molar-refractivity contribution in [2.24, 2.45) is 11.8 Å². The van der Waals surface area contributed by atoms with E-state index >= 15 is 0 Å². The van der Waals surface area contributed by atoms with Crippen molar-refractivity contribution in [2.75, 3.05) is 15.1 Å². The number of carbonyl (C=O) groups is 3. The number of amides is 3. The maximum atomic E-state index is 14.1. The Kier molecular flexibility index (Phi) is 5.28. The molecule has 9 heteroatoms. The molecule has 1 N–H and O–H groups in total. The predicted molar refractivity (Wildman–Crippen MR) is 151 cm³/mol. The lowest BCUT2D eigenvalue weighted by molar-refractivity contribution is -0.384. The van der Waals surface area contributed by atoms with Crippen LogP contribution in [0.2, 0.25) is 0 Å². The van der Waals surface area contributed by atoms with Crippen LogP contribution in [0.25, 0.3) is 16.8 Å². The number of nitrogens with one attached hydrogen (secondary N) is 1. The van der Waals surface area contributed by atoms with Gasteiger partial charge in [0.05, 0.1) is 28.5 Å². The molecule has 0 spiro atoms. The summed E-state index contributed by atoms with van der Waals surface area (Å²) in [5, 5.41) is 15.8. The third-order valence-electron chi connectivity index (χ3n) is 8.02. The molecule has 3 amide bonds. The second kappa shape index (κ2) is 8.88. The lowest BCUT2D eigenvalue weighted by atomic mass is 9.88. The Morgan fingerprint density at radius 3 is 2.30 bits per heavy atom. The highest BCUT2D eigenvalue weighted by Crippen LogP contribution is 2.49. The van der Waals surface area contributed by atoms with E-state index in [0.717, 1.165) is 22.0 Å². The van der Waals surface area contributed by atoms with Gasteiger partial charge in [-0.05, 0) is 46.7 Å². The zero-order valence-electron chi connectivity index (χ0n) is 21.0. The van der Waals surface area contributed by atoms with Gasteiger partial charge in [0.1, 0.15) is 6.04 Å². The number of anilines is 3. The Bertz CT molecular complexity index is 1770. The molecule has 0 radical (unpaired) electrons. The number of hydrogen-bond donors (Lipinski definition) is 1. The number of nitrogens with zero attached hydrogens (tertiary/aromatic N) is 3. The molecule has 40 heavy (non-hydrogen) atoms. The summed E-state index contributed by atoms with van der Waals surface area (Å²) in [7, 11) is 0. The summed E-state index contributed by atoms with van der Waals surface area (Å²) >= 11 is 0. The topological polar surface area (TPSA) is 113 Å². The van der Waals surface area contributed by atoms with Gasteiger partial charge in [0, 0.05) is 23.5 Å². The largest absolute Gasteiger partial charge is 0.351 e. The fraction of sp³-hybridized carbons (Fsp3) is 0.129. The van der Waals surface area contributed by atoms with Gasteiger partial charge in [-0.2, -0.15) is 0 Å². The van der Waals surface area contributed by atoms with E-state index in [2.05, 4.69) is 5.32 Å². The van der Waals surface area contributed by atoms with Crippen LogP contribution in [0.1, 0.15) is 5.56 Å². The SMILES string of the molecule is O=C(Nc1ccc([N+](=O)[O-])cc1)[C@@H]1[C@@H]2C(=O)N(c3ccc4ccccc4c3)C(=O)[C@H]2[C@H]2C=Cc3ccccc3N21. The standard InChI is InChI=1S/C31H22N4O5/c36-29(32-21-11-14-22(15-12-21)35(39)40)28-27-26(25-16-10-19-6-3-4-8-24(19)34(25)28)30(37)33(31(27)38)23-13-9-18-5-1-2-7-20(18)17-23/h1-17,25-28H,(H,32,36)/t25-,26+,27-,28+/m1/s1. The quantitative estimate of drug-likeness (QED) is 0.231. The molecule has 7 rings (SSSR count). The van der Waals surface area contributed by atoms with E-state index in [1.807, 2.05) is 77.7 Å². The highest BCUT2D eigenvalue weighted by atomic mass is 16.6. The first-order chi connectivity index (χ1) is 19.4. The maximum Gasteiger partial charge on any atom is 0.269 e. The van der Waals surface area contributed by atoms with Gasteiger partial charge < -0.3 is 10.2 Å². The molecule has 9 nitrogen and oxygen atoms in total. The smallest absolute Gasteiger partial charge is 0.269 e. The van der Waals surface area contributed by atoms with Crippen molar-refractivity contribution in [3.63, 3.8) is 0 Å². The predicted octanol–water partition coefficient (Wildman–Crippen LogP) is 4.78. The molecule has 0 saturated carbocycles. The van der Waals surface area contributed by atoms with Gasteiger partial charge in [-0.25, -0.2) is 4.90 Å². The molecule has 3 aliphatic rings. The Balaban J connectivity index is 1.29. The third kappa shape index (κ3) is 3.51. The number of benzene rings is 4. The Morgan fingerprint density at radius 1 is 0.825 bits per heavy atom. The van der Waals surface area contributed by atoms with Crippen LogP contribution < -0.4 is 15.1 Å². The van der Waals surface area contributed by atoms with Crippen molar-refractivity contribution in [2.45, 2.75) is 12.1 Å². The lowest BCUT2D eigenvalue weighted by Gasteiger charge is -2.36. The monoisotopic (exact) mass is 530 g/mol. The van der Waals surface area contributed by atoms with E-state index in [4.69, 9.17) is 0 Å². The summed E-state index contributed by atoms with van der Waals surface area (Å²) in [5.41, 5.74) is 2.39. The number of non-ortho nitro benzene ring substituents is 1. The van der Waals surface area contributed by atoms with Gasteiger partial charge in [-0.3, -0.25) is 24.5 Å². The minimum Gasteiger partial charge on any atom is -0.351 e. The lowest BCUT2D eigenvalue weighted by Crippen LogP contribution is -2.50. The van der Waals surface area contributed by atoms with Gasteiger partial charge >= 0.3 is 0 Å². The Labute approximate surface area is 228 Å². The van der Waals surface area contributed by atoms with E-state index in [0.29, 0.717) is 11.4 Å². The molecule has 0 aliphatic carbocycles. The minimum atomic E-state index is -0.974. The molecule has 0 bridgehead atoms. The van der Waals surface area contributed by atoms with E-state index in [1.54, 1.807) is 6.07 Å². The van der Waals surface area contributed by atoms with Crippen LogP contribution >= 0.6 is 0 Å². The Hall–Kier alpha value is -5.31. The molecule has 2 saturated heterocycles. The average molecular weight is 531 g/mol. The van der Waals surface area contributed by atoms with Crippen LogP contribution in [-0.4, -0.2) is 34.7 Å². The molecule has 196 valence electrons. The summed E-state index contributed by atoms with van der Waals surface area (Å²) < 4.78 is 0. The van der Waals surface area contributed by atoms with Crippen molar-refractivity contribution in [1.82, 2.24) is 0 Å². The first-order valence-electron chi connectivity index (χ1n) is 12.9. The summed E-state index contributed by atoms with van der Waals surface area (Å²) in [5.74, 6) is -2.89. The summed E-state index contributed by atoms with van der Waals surface area (Å²) in [6.45, 7) is 0. The fourth-order valence-electron chi connectivity index (χ4n) is 6.27. The summed E-state index contributed by atoms with van der Waals surface area (Å²) in [4.78, 5) is 55.6. The number of hydrogen-bond acceptors (Lipinski definition) is 6. The number of nitro groups is 1. The van der Waals surface area contributed by atoms with Crippen LogP contribution in [0.5, 0.6) is 0 Å². The van der Waals surface area contributed by atoms with Crippen molar-refractivity contribution < 1.29 is 19.3 Å². The molecule has 3 heterocycles. The van der Waals surface area contributed by atoms with Gasteiger partial charge in [-0.1, -0.05) is 60.7 Å². The first-order valence-corrected chi connectivity index (χ1v) is 12.9. The van der Waals surface area contributed by atoms with E-state index < -0.39 is 40.7 Å². The van der Waals surface area contributed by atoms with Crippen LogP contribution in [-0.2, 0) is 14.4 Å². The highest BCUT2D eigenvalue weighted by Gasteiger charge is 2.64. The van der Waals surface area contributed by atoms with Gasteiger partial charge in [0.2, 0.25) is 17.7 Å². The van der Waals surface area contributed by atoms with Crippen LogP contribution in [0.4, 0.5) is 22.7 Å². The zero-order valence-corrected chi connectivity index (χ0v) is 21.0. The molecule has 4 atom stereocenters. The fourth-order valence-corrected chi connectivity index (χ4v) is 6.27. The number of imide groups is 1.